The van der Waals surface area contributed by atoms with E-state index in [9.17, 15) is 8.42 Å². The van der Waals surface area contributed by atoms with Gasteiger partial charge in [0, 0.05) is 50.9 Å². The molecule has 1 saturated heterocycles. The Labute approximate surface area is 241 Å². The lowest BCUT2D eigenvalue weighted by Crippen LogP contribution is -2.47. The molecule has 0 saturated carbocycles. The van der Waals surface area contributed by atoms with Crippen molar-refractivity contribution in [2.75, 3.05) is 57.9 Å². The summed E-state index contributed by atoms with van der Waals surface area (Å²) in [5, 5.41) is 4.17. The van der Waals surface area contributed by atoms with Crippen LogP contribution in [0.1, 0.15) is 24.6 Å². The third-order valence-corrected chi connectivity index (χ3v) is 9.45. The van der Waals surface area contributed by atoms with Crippen LogP contribution in [0.4, 0.5) is 5.69 Å². The zero-order valence-electron chi connectivity index (χ0n) is 22.9. The number of para-hydroxylation sites is 1. The highest BCUT2D eigenvalue weighted by atomic mass is 35.5. The molecule has 0 amide bonds. The highest BCUT2D eigenvalue weighted by molar-refractivity contribution is 7.90. The van der Waals surface area contributed by atoms with Gasteiger partial charge >= 0.3 is 0 Å². The van der Waals surface area contributed by atoms with Gasteiger partial charge in [0.05, 0.1) is 31.9 Å². The van der Waals surface area contributed by atoms with Crippen molar-refractivity contribution < 1.29 is 8.42 Å². The summed E-state index contributed by atoms with van der Waals surface area (Å²) in [6.07, 6.45) is 5.82. The second-order valence-electron chi connectivity index (χ2n) is 9.81. The van der Waals surface area contributed by atoms with E-state index in [1.165, 1.54) is 25.6 Å². The van der Waals surface area contributed by atoms with Gasteiger partial charge in [-0.15, -0.1) is 11.3 Å². The normalized spacial score (nSPS) is 16.0. The smallest absolute Gasteiger partial charge is 0.175 e. The van der Waals surface area contributed by atoms with Crippen LogP contribution < -0.4 is 5.32 Å². The van der Waals surface area contributed by atoms with Crippen molar-refractivity contribution in [2.45, 2.75) is 24.7 Å². The minimum Gasteiger partial charge on any atom is -0.353 e. The summed E-state index contributed by atoms with van der Waals surface area (Å²) in [6.45, 7) is 8.44. The number of hydrogen-bond donors (Lipinski definition) is 1. The maximum atomic E-state index is 12.1. The Morgan fingerprint density at radius 1 is 1.05 bits per heavy atom. The molecular formula is C30H37ClN4O2S2. The predicted molar refractivity (Wildman–Crippen MR) is 167 cm³/mol. The Balaban J connectivity index is 1.59. The highest BCUT2D eigenvalue weighted by Gasteiger charge is 2.18. The van der Waals surface area contributed by atoms with Crippen LogP contribution in [-0.2, 0) is 9.84 Å². The molecule has 1 aliphatic rings. The summed E-state index contributed by atoms with van der Waals surface area (Å²) in [4.78, 5) is 12.0. The zero-order chi connectivity index (χ0) is 27.8. The Hall–Kier alpha value is -2.49. The van der Waals surface area contributed by atoms with Gasteiger partial charge in [-0.3, -0.25) is 9.89 Å². The Bertz CT molecular complexity index is 1420. The third kappa shape index (κ3) is 8.25. The van der Waals surface area contributed by atoms with Crippen LogP contribution in [-0.4, -0.2) is 76.5 Å². The molecule has 0 spiro atoms. The molecule has 2 heterocycles. The van der Waals surface area contributed by atoms with E-state index in [-0.39, 0.29) is 0 Å². The molecule has 1 aromatic heterocycles. The molecule has 208 valence electrons. The molecule has 1 fully saturated rings. The SMILES string of the molecule is CCCCN1CCN(CC(/C=C(\Nc2ccccc2Cl)c2ccc(-c3cccc(S(C)(=O)=O)c3)s2)=N\C)CC1. The van der Waals surface area contributed by atoms with Gasteiger partial charge in [0.2, 0.25) is 0 Å². The van der Waals surface area contributed by atoms with E-state index >= 15 is 0 Å². The minimum atomic E-state index is -3.29. The fourth-order valence-electron chi connectivity index (χ4n) is 4.52. The van der Waals surface area contributed by atoms with Crippen molar-refractivity contribution >= 4 is 49.9 Å². The van der Waals surface area contributed by atoms with Gasteiger partial charge in [0.25, 0.3) is 0 Å². The summed E-state index contributed by atoms with van der Waals surface area (Å²) < 4.78 is 24.2. The number of aliphatic imine (C=N–C) groups is 1. The van der Waals surface area contributed by atoms with Crippen LogP contribution in [0.3, 0.4) is 0 Å². The number of rotatable bonds is 11. The maximum absolute atomic E-state index is 12.1. The average molecular weight is 585 g/mol. The van der Waals surface area contributed by atoms with Gasteiger partial charge in [-0.2, -0.15) is 0 Å². The molecule has 4 rings (SSSR count). The quantitative estimate of drug-likeness (QED) is 0.264. The second-order valence-corrected chi connectivity index (χ2v) is 13.3. The molecule has 0 atom stereocenters. The summed E-state index contributed by atoms with van der Waals surface area (Å²) in [7, 11) is -1.45. The van der Waals surface area contributed by atoms with Crippen LogP contribution in [0, 0.1) is 0 Å². The van der Waals surface area contributed by atoms with Crippen LogP contribution in [0.25, 0.3) is 16.1 Å². The van der Waals surface area contributed by atoms with Crippen molar-refractivity contribution in [3.63, 3.8) is 0 Å². The van der Waals surface area contributed by atoms with E-state index in [0.717, 1.165) is 65.1 Å². The van der Waals surface area contributed by atoms with Crippen molar-refractivity contribution in [3.8, 4) is 10.4 Å². The largest absolute Gasteiger partial charge is 0.353 e. The lowest BCUT2D eigenvalue weighted by molar-refractivity contribution is 0.144. The Morgan fingerprint density at radius 2 is 1.79 bits per heavy atom. The maximum Gasteiger partial charge on any atom is 0.175 e. The molecule has 1 aliphatic heterocycles. The predicted octanol–water partition coefficient (Wildman–Crippen LogP) is 6.41. The van der Waals surface area contributed by atoms with E-state index in [0.29, 0.717) is 9.92 Å². The van der Waals surface area contributed by atoms with Gasteiger partial charge < -0.3 is 10.2 Å². The van der Waals surface area contributed by atoms with Crippen molar-refractivity contribution in [3.05, 3.63) is 76.6 Å². The molecule has 0 radical (unpaired) electrons. The number of nitrogens with zero attached hydrogens (tertiary/aromatic N) is 3. The van der Waals surface area contributed by atoms with Crippen LogP contribution >= 0.6 is 22.9 Å². The van der Waals surface area contributed by atoms with E-state index in [1.54, 1.807) is 29.5 Å². The first kappa shape index (κ1) is 29.5. The topological polar surface area (TPSA) is 65.0 Å². The molecule has 1 N–H and O–H groups in total. The number of thiophene rings is 1. The number of nitrogens with one attached hydrogen (secondary N) is 1. The van der Waals surface area contributed by atoms with Crippen LogP contribution in [0.15, 0.2) is 76.6 Å². The second kappa shape index (κ2) is 13.7. The van der Waals surface area contributed by atoms with Crippen molar-refractivity contribution in [1.82, 2.24) is 9.80 Å². The molecular weight excluding hydrogens is 548 g/mol. The Morgan fingerprint density at radius 3 is 2.49 bits per heavy atom. The summed E-state index contributed by atoms with van der Waals surface area (Å²) in [5.74, 6) is 0. The Kier molecular flexibility index (Phi) is 10.4. The van der Waals surface area contributed by atoms with E-state index in [1.807, 2.05) is 43.4 Å². The fraction of sp³-hybridized carbons (Fsp3) is 0.367. The van der Waals surface area contributed by atoms with E-state index < -0.39 is 9.84 Å². The molecule has 0 unspecified atom stereocenters. The third-order valence-electron chi connectivity index (χ3n) is 6.84. The summed E-state index contributed by atoms with van der Waals surface area (Å²) in [6, 6.07) is 18.9. The zero-order valence-corrected chi connectivity index (χ0v) is 25.2. The number of piperazine rings is 1. The van der Waals surface area contributed by atoms with Crippen LogP contribution in [0.5, 0.6) is 0 Å². The van der Waals surface area contributed by atoms with Gasteiger partial charge in [-0.1, -0.05) is 49.2 Å². The molecule has 3 aromatic rings. The standard InChI is InChI=1S/C30H37ClN4O2S2/c1-4-5-15-34-16-18-35(19-17-34)22-24(32-2)21-28(33-27-12-7-6-11-26(27)31)30-14-13-29(38-30)23-9-8-10-25(20-23)39(3,36)37/h6-14,20-21,33H,4-5,15-19,22H2,1-3H3/b28-21-,32-24-. The lowest BCUT2D eigenvalue weighted by atomic mass is 10.2. The molecule has 39 heavy (non-hydrogen) atoms. The molecule has 9 heteroatoms. The number of unbranched alkanes of at least 4 members (excludes halogenated alkanes) is 1. The fourth-order valence-corrected chi connectivity index (χ4v) is 6.35. The molecule has 6 nitrogen and oxygen atoms in total. The van der Waals surface area contributed by atoms with Crippen molar-refractivity contribution in [1.29, 1.82) is 0 Å². The average Bonchev–Trinajstić information content (AvgIpc) is 3.43. The van der Waals surface area contributed by atoms with Gasteiger partial charge in [-0.05, 0) is 61.0 Å². The van der Waals surface area contributed by atoms with Crippen LogP contribution in [0.2, 0.25) is 5.02 Å². The first-order chi connectivity index (χ1) is 18.8. The first-order valence-corrected chi connectivity index (χ1v) is 16.4. The first-order valence-electron chi connectivity index (χ1n) is 13.3. The van der Waals surface area contributed by atoms with E-state index in [2.05, 4.69) is 39.2 Å². The molecule has 2 aromatic carbocycles. The number of sulfone groups is 1. The summed E-state index contributed by atoms with van der Waals surface area (Å²) in [5.41, 5.74) is 3.58. The van der Waals surface area contributed by atoms with Crippen molar-refractivity contribution in [2.24, 2.45) is 4.99 Å². The highest BCUT2D eigenvalue weighted by Crippen LogP contribution is 2.34. The van der Waals surface area contributed by atoms with Gasteiger partial charge in [0.15, 0.2) is 9.84 Å². The molecule has 0 bridgehead atoms. The minimum absolute atomic E-state index is 0.315. The number of benzene rings is 2. The van der Waals surface area contributed by atoms with Gasteiger partial charge in [0.1, 0.15) is 0 Å². The number of anilines is 1. The monoisotopic (exact) mass is 584 g/mol. The molecule has 0 aliphatic carbocycles. The summed E-state index contributed by atoms with van der Waals surface area (Å²) >= 11 is 8.11. The van der Waals surface area contributed by atoms with E-state index in [4.69, 9.17) is 11.6 Å². The number of halogens is 1. The lowest BCUT2D eigenvalue weighted by Gasteiger charge is -2.34. The van der Waals surface area contributed by atoms with Gasteiger partial charge in [-0.25, -0.2) is 8.42 Å². The number of hydrogen-bond acceptors (Lipinski definition) is 7.